The Morgan fingerprint density at radius 2 is 1.73 bits per heavy atom. The van der Waals surface area contributed by atoms with Crippen LogP contribution in [0.1, 0.15) is 25.8 Å². The second kappa shape index (κ2) is 7.63. The van der Waals surface area contributed by atoms with E-state index in [4.69, 9.17) is 11.6 Å². The molecule has 1 fully saturated rings. The molecule has 1 aliphatic rings. The summed E-state index contributed by atoms with van der Waals surface area (Å²) >= 11 is 6.12. The van der Waals surface area contributed by atoms with Gasteiger partial charge in [-0.15, -0.1) is 0 Å². The van der Waals surface area contributed by atoms with Crippen LogP contribution >= 0.6 is 11.6 Å². The maximum Gasteiger partial charge on any atom is 0.227 e. The SMILES string of the molecule is CC(C)C(=O)N1CCCN(C(=O)Cc2ccccc2Cl)CC1. The molecule has 22 heavy (non-hydrogen) atoms. The smallest absolute Gasteiger partial charge is 0.227 e. The van der Waals surface area contributed by atoms with Gasteiger partial charge in [0.25, 0.3) is 0 Å². The van der Waals surface area contributed by atoms with Crippen molar-refractivity contribution < 1.29 is 9.59 Å². The topological polar surface area (TPSA) is 40.6 Å². The van der Waals surface area contributed by atoms with E-state index in [1.54, 1.807) is 6.07 Å². The molecule has 0 bridgehead atoms. The molecule has 0 radical (unpaired) electrons. The average Bonchev–Trinajstić information content (AvgIpc) is 2.74. The zero-order valence-electron chi connectivity index (χ0n) is 13.2. The molecule has 0 aromatic heterocycles. The van der Waals surface area contributed by atoms with E-state index in [9.17, 15) is 9.59 Å². The van der Waals surface area contributed by atoms with E-state index >= 15 is 0 Å². The molecule has 1 aromatic carbocycles. The van der Waals surface area contributed by atoms with Gasteiger partial charge in [-0.25, -0.2) is 0 Å². The predicted molar refractivity (Wildman–Crippen MR) is 87.8 cm³/mol. The molecule has 2 rings (SSSR count). The van der Waals surface area contributed by atoms with Crippen molar-refractivity contribution in [3.63, 3.8) is 0 Å². The van der Waals surface area contributed by atoms with E-state index in [0.717, 1.165) is 18.5 Å². The summed E-state index contributed by atoms with van der Waals surface area (Å²) in [5, 5.41) is 0.627. The quantitative estimate of drug-likeness (QED) is 0.858. The molecular formula is C17H23ClN2O2. The molecule has 0 unspecified atom stereocenters. The molecule has 0 aliphatic carbocycles. The highest BCUT2D eigenvalue weighted by Crippen LogP contribution is 2.17. The van der Waals surface area contributed by atoms with Crippen molar-refractivity contribution >= 4 is 23.4 Å². The lowest BCUT2D eigenvalue weighted by Crippen LogP contribution is -2.39. The molecule has 1 aliphatic heterocycles. The Balaban J connectivity index is 1.95. The monoisotopic (exact) mass is 322 g/mol. The zero-order chi connectivity index (χ0) is 16.1. The third-order valence-corrected chi connectivity index (χ3v) is 4.32. The molecule has 1 saturated heterocycles. The van der Waals surface area contributed by atoms with Crippen molar-refractivity contribution in [3.8, 4) is 0 Å². The van der Waals surface area contributed by atoms with Crippen LogP contribution in [0.4, 0.5) is 0 Å². The molecular weight excluding hydrogens is 300 g/mol. The van der Waals surface area contributed by atoms with Crippen LogP contribution in [0.3, 0.4) is 0 Å². The number of amides is 2. The first-order valence-corrected chi connectivity index (χ1v) is 8.17. The van der Waals surface area contributed by atoms with Crippen LogP contribution in [-0.4, -0.2) is 47.8 Å². The molecule has 0 saturated carbocycles. The Kier molecular flexibility index (Phi) is 5.83. The van der Waals surface area contributed by atoms with Crippen molar-refractivity contribution in [2.75, 3.05) is 26.2 Å². The summed E-state index contributed by atoms with van der Waals surface area (Å²) in [7, 11) is 0. The van der Waals surface area contributed by atoms with Crippen LogP contribution in [0.15, 0.2) is 24.3 Å². The van der Waals surface area contributed by atoms with Crippen molar-refractivity contribution in [1.82, 2.24) is 9.80 Å². The van der Waals surface area contributed by atoms with Gasteiger partial charge in [0, 0.05) is 37.1 Å². The normalized spacial score (nSPS) is 15.8. The van der Waals surface area contributed by atoms with E-state index in [0.29, 0.717) is 31.1 Å². The Morgan fingerprint density at radius 3 is 2.41 bits per heavy atom. The van der Waals surface area contributed by atoms with E-state index < -0.39 is 0 Å². The first kappa shape index (κ1) is 16.8. The average molecular weight is 323 g/mol. The molecule has 2 amide bonds. The maximum atomic E-state index is 12.4. The second-order valence-corrected chi connectivity index (χ2v) is 6.39. The first-order valence-electron chi connectivity index (χ1n) is 7.79. The molecule has 1 aromatic rings. The van der Waals surface area contributed by atoms with E-state index in [1.165, 1.54) is 0 Å². The van der Waals surface area contributed by atoms with Gasteiger partial charge in [-0.1, -0.05) is 43.6 Å². The fraction of sp³-hybridized carbons (Fsp3) is 0.529. The number of nitrogens with zero attached hydrogens (tertiary/aromatic N) is 2. The van der Waals surface area contributed by atoms with Crippen LogP contribution < -0.4 is 0 Å². The van der Waals surface area contributed by atoms with Crippen LogP contribution in [0, 0.1) is 5.92 Å². The summed E-state index contributed by atoms with van der Waals surface area (Å²) in [5.41, 5.74) is 0.855. The minimum atomic E-state index is 0.00498. The van der Waals surface area contributed by atoms with Crippen molar-refractivity contribution in [2.45, 2.75) is 26.7 Å². The van der Waals surface area contributed by atoms with Gasteiger partial charge in [0.15, 0.2) is 0 Å². The lowest BCUT2D eigenvalue weighted by molar-refractivity contribution is -0.135. The number of rotatable bonds is 3. The number of hydrogen-bond donors (Lipinski definition) is 0. The summed E-state index contributed by atoms with van der Waals surface area (Å²) in [5.74, 6) is 0.248. The summed E-state index contributed by atoms with van der Waals surface area (Å²) < 4.78 is 0. The fourth-order valence-electron chi connectivity index (χ4n) is 2.67. The predicted octanol–water partition coefficient (Wildman–Crippen LogP) is 2.60. The Morgan fingerprint density at radius 1 is 1.09 bits per heavy atom. The van der Waals surface area contributed by atoms with Gasteiger partial charge in [0.2, 0.25) is 11.8 Å². The van der Waals surface area contributed by atoms with Gasteiger partial charge in [0.05, 0.1) is 6.42 Å². The third-order valence-electron chi connectivity index (χ3n) is 3.95. The molecule has 0 N–H and O–H groups in total. The molecule has 120 valence electrons. The molecule has 5 heteroatoms. The first-order chi connectivity index (χ1) is 10.5. The van der Waals surface area contributed by atoms with E-state index in [-0.39, 0.29) is 17.7 Å². The van der Waals surface area contributed by atoms with E-state index in [2.05, 4.69) is 0 Å². The Bertz CT molecular complexity index is 545. The summed E-state index contributed by atoms with van der Waals surface area (Å²) in [6, 6.07) is 7.43. The van der Waals surface area contributed by atoms with Gasteiger partial charge >= 0.3 is 0 Å². The fourth-order valence-corrected chi connectivity index (χ4v) is 2.87. The van der Waals surface area contributed by atoms with Gasteiger partial charge in [-0.05, 0) is 18.1 Å². The van der Waals surface area contributed by atoms with Crippen molar-refractivity contribution in [1.29, 1.82) is 0 Å². The minimum absolute atomic E-state index is 0.00498. The van der Waals surface area contributed by atoms with Crippen LogP contribution in [0.2, 0.25) is 5.02 Å². The van der Waals surface area contributed by atoms with Crippen LogP contribution in [-0.2, 0) is 16.0 Å². The number of halogens is 1. The highest BCUT2D eigenvalue weighted by Gasteiger charge is 2.23. The lowest BCUT2D eigenvalue weighted by Gasteiger charge is -2.23. The lowest BCUT2D eigenvalue weighted by atomic mass is 10.1. The van der Waals surface area contributed by atoms with Gasteiger partial charge in [-0.2, -0.15) is 0 Å². The van der Waals surface area contributed by atoms with Crippen molar-refractivity contribution in [2.24, 2.45) is 5.92 Å². The molecule has 0 spiro atoms. The van der Waals surface area contributed by atoms with Crippen molar-refractivity contribution in [3.05, 3.63) is 34.9 Å². The van der Waals surface area contributed by atoms with Crippen LogP contribution in [0.25, 0.3) is 0 Å². The summed E-state index contributed by atoms with van der Waals surface area (Å²) in [6.45, 7) is 6.46. The Hall–Kier alpha value is -1.55. The van der Waals surface area contributed by atoms with Crippen LogP contribution in [0.5, 0.6) is 0 Å². The third kappa shape index (κ3) is 4.23. The highest BCUT2D eigenvalue weighted by atomic mass is 35.5. The summed E-state index contributed by atoms with van der Waals surface area (Å²) in [4.78, 5) is 28.2. The molecule has 4 nitrogen and oxygen atoms in total. The zero-order valence-corrected chi connectivity index (χ0v) is 14.0. The standard InChI is InChI=1S/C17H23ClN2O2/c1-13(2)17(22)20-9-5-8-19(10-11-20)16(21)12-14-6-3-4-7-15(14)18/h3-4,6-7,13H,5,8-12H2,1-2H3. The number of benzene rings is 1. The number of hydrogen-bond acceptors (Lipinski definition) is 2. The molecule has 1 heterocycles. The van der Waals surface area contributed by atoms with E-state index in [1.807, 2.05) is 41.8 Å². The number of carbonyl (C=O) groups excluding carboxylic acids is 2. The molecule has 0 atom stereocenters. The van der Waals surface area contributed by atoms with Gasteiger partial charge in [0.1, 0.15) is 0 Å². The largest absolute Gasteiger partial charge is 0.341 e. The minimum Gasteiger partial charge on any atom is -0.341 e. The van der Waals surface area contributed by atoms with Gasteiger partial charge in [-0.3, -0.25) is 9.59 Å². The van der Waals surface area contributed by atoms with Gasteiger partial charge < -0.3 is 9.80 Å². The summed E-state index contributed by atoms with van der Waals surface area (Å²) in [6.07, 6.45) is 1.14. The highest BCUT2D eigenvalue weighted by molar-refractivity contribution is 6.31. The number of carbonyl (C=O) groups is 2. The Labute approximate surface area is 137 Å². The maximum absolute atomic E-state index is 12.4. The second-order valence-electron chi connectivity index (χ2n) is 5.98.